The number of H-pyrrole nitrogens is 2. The molecule has 0 aliphatic carbocycles. The molecule has 0 amide bonds. The Balaban J connectivity index is 1.20. The van der Waals surface area contributed by atoms with Gasteiger partial charge in [-0.15, -0.1) is 11.3 Å². The highest BCUT2D eigenvalue weighted by Gasteiger charge is 2.17. The molecule has 0 aliphatic rings. The number of benzene rings is 2. The van der Waals surface area contributed by atoms with Crippen molar-refractivity contribution in [3.63, 3.8) is 0 Å². The Morgan fingerprint density at radius 3 is 2.56 bits per heavy atom. The van der Waals surface area contributed by atoms with Crippen molar-refractivity contribution in [3.8, 4) is 33.2 Å². The van der Waals surface area contributed by atoms with Gasteiger partial charge in [0.25, 0.3) is 0 Å². The van der Waals surface area contributed by atoms with E-state index in [-0.39, 0.29) is 5.13 Å². The van der Waals surface area contributed by atoms with Gasteiger partial charge < -0.3 is 10.3 Å². The summed E-state index contributed by atoms with van der Waals surface area (Å²) in [7, 11) is 0. The number of halogens is 1. The van der Waals surface area contributed by atoms with Crippen molar-refractivity contribution >= 4 is 33.4 Å². The third-order valence-electron chi connectivity index (χ3n) is 6.58. The number of pyridine rings is 2. The first-order chi connectivity index (χ1) is 19.2. The van der Waals surface area contributed by atoms with Gasteiger partial charge in [-0.25, -0.2) is 9.97 Å². The van der Waals surface area contributed by atoms with Gasteiger partial charge in [-0.1, -0.05) is 42.5 Å². The minimum atomic E-state index is -0.224. The van der Waals surface area contributed by atoms with Crippen LogP contribution in [0, 0.1) is 5.13 Å². The molecule has 0 bridgehead atoms. The SMILES string of the molecule is Fc1ccc(-c2cccc3[nH]c(-c4n[nH]c5ccc(-c6cncc(CNCc7ccccc7)c6)nc45)nc23)s1. The number of nitrogens with one attached hydrogen (secondary N) is 3. The summed E-state index contributed by atoms with van der Waals surface area (Å²) < 4.78 is 13.7. The topological polar surface area (TPSA) is 95.2 Å². The van der Waals surface area contributed by atoms with E-state index < -0.39 is 0 Å². The van der Waals surface area contributed by atoms with Crippen LogP contribution in [0.4, 0.5) is 4.39 Å². The monoisotopic (exact) mass is 531 g/mol. The number of para-hydroxylation sites is 1. The van der Waals surface area contributed by atoms with Crippen LogP contribution in [-0.4, -0.2) is 30.1 Å². The molecule has 0 unspecified atom stereocenters. The molecular formula is C30H22FN7S. The Hall–Kier alpha value is -4.73. The zero-order chi connectivity index (χ0) is 26.2. The molecule has 5 heterocycles. The molecule has 0 saturated carbocycles. The number of imidazole rings is 1. The van der Waals surface area contributed by atoms with E-state index in [0.29, 0.717) is 23.6 Å². The number of hydrogen-bond acceptors (Lipinski definition) is 6. The Bertz CT molecular complexity index is 1920. The third kappa shape index (κ3) is 4.58. The van der Waals surface area contributed by atoms with Gasteiger partial charge in [-0.3, -0.25) is 10.1 Å². The fraction of sp³-hybridized carbons (Fsp3) is 0.0667. The van der Waals surface area contributed by atoms with Gasteiger partial charge in [-0.2, -0.15) is 9.49 Å². The largest absolute Gasteiger partial charge is 0.336 e. The van der Waals surface area contributed by atoms with Gasteiger partial charge >= 0.3 is 0 Å². The number of nitrogens with zero attached hydrogens (tertiary/aromatic N) is 4. The molecule has 0 spiro atoms. The quantitative estimate of drug-likeness (QED) is 0.212. The van der Waals surface area contributed by atoms with E-state index in [4.69, 9.17) is 9.97 Å². The highest BCUT2D eigenvalue weighted by atomic mass is 32.1. The minimum absolute atomic E-state index is 0.224. The summed E-state index contributed by atoms with van der Waals surface area (Å²) in [6, 6.07) is 25.4. The number of aromatic nitrogens is 6. The van der Waals surface area contributed by atoms with Crippen LogP contribution in [0.1, 0.15) is 11.1 Å². The zero-order valence-corrected chi connectivity index (χ0v) is 21.5. The molecule has 0 aliphatic heterocycles. The van der Waals surface area contributed by atoms with Gasteiger partial charge in [0, 0.05) is 41.5 Å². The van der Waals surface area contributed by atoms with Crippen LogP contribution >= 0.6 is 11.3 Å². The summed E-state index contributed by atoms with van der Waals surface area (Å²) >= 11 is 1.10. The van der Waals surface area contributed by atoms with Gasteiger partial charge in [0.2, 0.25) is 0 Å². The van der Waals surface area contributed by atoms with E-state index in [0.717, 1.165) is 61.7 Å². The zero-order valence-electron chi connectivity index (χ0n) is 20.6. The molecule has 39 heavy (non-hydrogen) atoms. The Morgan fingerprint density at radius 1 is 0.795 bits per heavy atom. The van der Waals surface area contributed by atoms with Crippen molar-refractivity contribution in [1.82, 2.24) is 35.5 Å². The molecule has 7 aromatic rings. The number of fused-ring (bicyclic) bond motifs is 2. The molecule has 9 heteroatoms. The molecule has 3 N–H and O–H groups in total. The van der Waals surface area contributed by atoms with E-state index in [1.807, 2.05) is 60.9 Å². The van der Waals surface area contributed by atoms with Crippen LogP contribution < -0.4 is 5.32 Å². The molecule has 5 aromatic heterocycles. The van der Waals surface area contributed by atoms with Crippen molar-refractivity contribution in [1.29, 1.82) is 0 Å². The van der Waals surface area contributed by atoms with Crippen molar-refractivity contribution in [2.24, 2.45) is 0 Å². The van der Waals surface area contributed by atoms with Gasteiger partial charge in [-0.05, 0) is 47.5 Å². The fourth-order valence-electron chi connectivity index (χ4n) is 4.70. The van der Waals surface area contributed by atoms with Crippen molar-refractivity contribution in [3.05, 3.63) is 108 Å². The molecule has 7 nitrogen and oxygen atoms in total. The predicted molar refractivity (Wildman–Crippen MR) is 152 cm³/mol. The molecule has 0 fully saturated rings. The van der Waals surface area contributed by atoms with Crippen molar-refractivity contribution in [2.45, 2.75) is 13.1 Å². The summed E-state index contributed by atoms with van der Waals surface area (Å²) in [6.45, 7) is 1.48. The maximum absolute atomic E-state index is 13.7. The molecular weight excluding hydrogens is 509 g/mol. The van der Waals surface area contributed by atoms with Crippen LogP contribution in [0.15, 0.2) is 91.3 Å². The van der Waals surface area contributed by atoms with E-state index >= 15 is 0 Å². The molecule has 2 aromatic carbocycles. The van der Waals surface area contributed by atoms with E-state index in [9.17, 15) is 4.39 Å². The highest BCUT2D eigenvalue weighted by Crippen LogP contribution is 2.34. The number of rotatable bonds is 7. The normalized spacial score (nSPS) is 11.5. The van der Waals surface area contributed by atoms with Crippen molar-refractivity contribution < 1.29 is 4.39 Å². The van der Waals surface area contributed by atoms with E-state index in [1.54, 1.807) is 6.07 Å². The average molecular weight is 532 g/mol. The lowest BCUT2D eigenvalue weighted by molar-refractivity contribution is 0.657. The van der Waals surface area contributed by atoms with Crippen LogP contribution in [0.3, 0.4) is 0 Å². The molecule has 0 atom stereocenters. The van der Waals surface area contributed by atoms with Crippen LogP contribution in [-0.2, 0) is 13.1 Å². The van der Waals surface area contributed by atoms with Gasteiger partial charge in [0.1, 0.15) is 5.52 Å². The van der Waals surface area contributed by atoms with Gasteiger partial charge in [0.15, 0.2) is 16.6 Å². The van der Waals surface area contributed by atoms with E-state index in [2.05, 4.69) is 43.7 Å². The van der Waals surface area contributed by atoms with E-state index in [1.165, 1.54) is 11.6 Å². The Labute approximate surface area is 226 Å². The molecule has 7 rings (SSSR count). The van der Waals surface area contributed by atoms with Crippen LogP contribution in [0.5, 0.6) is 0 Å². The lowest BCUT2D eigenvalue weighted by Crippen LogP contribution is -2.12. The summed E-state index contributed by atoms with van der Waals surface area (Å²) in [5.41, 5.74) is 8.68. The Kier molecular flexibility index (Phi) is 5.92. The average Bonchev–Trinajstić information content (AvgIpc) is 3.71. The third-order valence-corrected chi connectivity index (χ3v) is 7.48. The first-order valence-electron chi connectivity index (χ1n) is 12.5. The standard InChI is InChI=1S/C30H22FN7S/c31-26-12-11-25(39-26)21-7-4-8-23-27(21)36-30(35-23)29-28-24(37-38-29)10-9-22(34-28)20-13-19(16-33-17-20)15-32-14-18-5-2-1-3-6-18/h1-13,16-17,32H,14-15H2,(H,35,36)(H,37,38). The summed E-state index contributed by atoms with van der Waals surface area (Å²) in [4.78, 5) is 18.4. The molecule has 0 radical (unpaired) electrons. The molecule has 0 saturated heterocycles. The number of hydrogen-bond donors (Lipinski definition) is 3. The summed E-state index contributed by atoms with van der Waals surface area (Å²) in [5.74, 6) is 0.599. The number of thiophene rings is 1. The maximum Gasteiger partial charge on any atom is 0.176 e. The Morgan fingerprint density at radius 2 is 1.69 bits per heavy atom. The lowest BCUT2D eigenvalue weighted by Gasteiger charge is -2.07. The number of aromatic amines is 2. The maximum atomic E-state index is 13.7. The first kappa shape index (κ1) is 23.4. The second kappa shape index (κ2) is 9.86. The van der Waals surface area contributed by atoms with Gasteiger partial charge in [0.05, 0.1) is 22.2 Å². The molecule has 190 valence electrons. The predicted octanol–water partition coefficient (Wildman–Crippen LogP) is 6.72. The van der Waals surface area contributed by atoms with Crippen LogP contribution in [0.2, 0.25) is 0 Å². The second-order valence-electron chi connectivity index (χ2n) is 9.23. The van der Waals surface area contributed by atoms with Crippen molar-refractivity contribution in [2.75, 3.05) is 0 Å². The minimum Gasteiger partial charge on any atom is -0.336 e. The first-order valence-corrected chi connectivity index (χ1v) is 13.3. The smallest absolute Gasteiger partial charge is 0.176 e. The lowest BCUT2D eigenvalue weighted by atomic mass is 10.1. The fourth-order valence-corrected chi connectivity index (χ4v) is 5.46. The summed E-state index contributed by atoms with van der Waals surface area (Å²) in [6.07, 6.45) is 3.69. The second-order valence-corrected chi connectivity index (χ2v) is 10.3. The highest BCUT2D eigenvalue weighted by molar-refractivity contribution is 7.14. The summed E-state index contributed by atoms with van der Waals surface area (Å²) in [5, 5.41) is 10.8. The van der Waals surface area contributed by atoms with Crippen LogP contribution in [0.25, 0.3) is 55.3 Å².